The number of likely N-dealkylation sites (tertiary alicyclic amines) is 1. The molecule has 0 aromatic carbocycles. The molecule has 1 aliphatic heterocycles. The Morgan fingerprint density at radius 1 is 1.31 bits per heavy atom. The number of amidine groups is 1. The molecule has 1 aliphatic rings. The van der Waals surface area contributed by atoms with Gasteiger partial charge < -0.3 is 10.6 Å². The van der Waals surface area contributed by atoms with Gasteiger partial charge in [-0.05, 0) is 44.6 Å². The lowest BCUT2D eigenvalue weighted by molar-refractivity contribution is 0.0784. The smallest absolute Gasteiger partial charge is 0.0905 e. The van der Waals surface area contributed by atoms with Crippen LogP contribution in [-0.4, -0.2) is 29.9 Å². The molecular weight excluding hydrogens is 198 g/mol. The Kier molecular flexibility index (Phi) is 5.26. The van der Waals surface area contributed by atoms with Gasteiger partial charge in [0.25, 0.3) is 0 Å². The number of nitrogens with one attached hydrogen (secondary N) is 1. The van der Waals surface area contributed by atoms with Gasteiger partial charge >= 0.3 is 0 Å². The molecule has 0 amide bonds. The molecule has 3 N–H and O–H groups in total. The highest BCUT2D eigenvalue weighted by atomic mass is 15.2. The second kappa shape index (κ2) is 6.24. The number of hydrogen-bond acceptors (Lipinski definition) is 2. The topological polar surface area (TPSA) is 53.1 Å². The summed E-state index contributed by atoms with van der Waals surface area (Å²) in [7, 11) is 0. The summed E-state index contributed by atoms with van der Waals surface area (Å²) in [4.78, 5) is 2.61. The quantitative estimate of drug-likeness (QED) is 0.429. The van der Waals surface area contributed by atoms with Gasteiger partial charge in [0.05, 0.1) is 5.84 Å². The summed E-state index contributed by atoms with van der Waals surface area (Å²) in [5.74, 6) is 1.98. The molecule has 3 unspecified atom stereocenters. The van der Waals surface area contributed by atoms with E-state index in [1.165, 1.54) is 25.9 Å². The molecule has 16 heavy (non-hydrogen) atoms. The van der Waals surface area contributed by atoms with Gasteiger partial charge in [-0.15, -0.1) is 0 Å². The average molecular weight is 225 g/mol. The van der Waals surface area contributed by atoms with Crippen molar-refractivity contribution < 1.29 is 0 Å². The van der Waals surface area contributed by atoms with E-state index in [0.29, 0.717) is 11.9 Å². The van der Waals surface area contributed by atoms with Gasteiger partial charge in [-0.3, -0.25) is 5.41 Å². The molecular formula is C13H27N3. The fourth-order valence-corrected chi connectivity index (χ4v) is 2.76. The van der Waals surface area contributed by atoms with E-state index in [1.54, 1.807) is 0 Å². The summed E-state index contributed by atoms with van der Waals surface area (Å²) >= 11 is 0. The molecule has 1 rings (SSSR count). The third kappa shape index (κ3) is 4.12. The lowest BCUT2D eigenvalue weighted by Gasteiger charge is -2.41. The predicted molar refractivity (Wildman–Crippen MR) is 69.7 cm³/mol. The molecule has 0 saturated carbocycles. The van der Waals surface area contributed by atoms with Crippen molar-refractivity contribution in [1.82, 2.24) is 4.90 Å². The van der Waals surface area contributed by atoms with Crippen molar-refractivity contribution in [2.75, 3.05) is 13.1 Å². The maximum Gasteiger partial charge on any atom is 0.0905 e. The van der Waals surface area contributed by atoms with E-state index in [2.05, 4.69) is 25.7 Å². The van der Waals surface area contributed by atoms with Crippen molar-refractivity contribution >= 4 is 5.84 Å². The van der Waals surface area contributed by atoms with Crippen LogP contribution in [0.25, 0.3) is 0 Å². The zero-order chi connectivity index (χ0) is 12.1. The Balaban J connectivity index is 2.26. The van der Waals surface area contributed by atoms with Crippen molar-refractivity contribution in [3.63, 3.8) is 0 Å². The third-order valence-corrected chi connectivity index (χ3v) is 3.86. The maximum absolute atomic E-state index is 7.19. The van der Waals surface area contributed by atoms with Gasteiger partial charge in [-0.2, -0.15) is 0 Å². The van der Waals surface area contributed by atoms with Gasteiger partial charge in [0, 0.05) is 19.0 Å². The van der Waals surface area contributed by atoms with Crippen molar-refractivity contribution in [3.05, 3.63) is 0 Å². The number of unbranched alkanes of at least 4 members (excludes halogenated alkanes) is 1. The predicted octanol–water partition coefficient (Wildman–Crippen LogP) is 2.46. The van der Waals surface area contributed by atoms with Gasteiger partial charge in [-0.25, -0.2) is 0 Å². The summed E-state index contributed by atoms with van der Waals surface area (Å²) in [6.45, 7) is 9.48. The Morgan fingerprint density at radius 3 is 2.62 bits per heavy atom. The van der Waals surface area contributed by atoms with Crippen LogP contribution >= 0.6 is 0 Å². The minimum absolute atomic E-state index is 0.327. The first-order valence-corrected chi connectivity index (χ1v) is 6.57. The van der Waals surface area contributed by atoms with E-state index in [4.69, 9.17) is 11.1 Å². The molecule has 0 spiro atoms. The number of nitrogens with zero attached hydrogens (tertiary/aromatic N) is 1. The van der Waals surface area contributed by atoms with Crippen LogP contribution in [0.3, 0.4) is 0 Å². The molecule has 0 radical (unpaired) electrons. The molecule has 1 heterocycles. The minimum Gasteiger partial charge on any atom is -0.388 e. The number of nitrogens with two attached hydrogens (primary N) is 1. The summed E-state index contributed by atoms with van der Waals surface area (Å²) in [5.41, 5.74) is 5.35. The zero-order valence-corrected chi connectivity index (χ0v) is 11.0. The van der Waals surface area contributed by atoms with E-state index < -0.39 is 0 Å². The summed E-state index contributed by atoms with van der Waals surface area (Å²) in [6.07, 6.45) is 4.35. The van der Waals surface area contributed by atoms with E-state index in [-0.39, 0.29) is 0 Å². The number of hydrogen-bond donors (Lipinski definition) is 2. The highest BCUT2D eigenvalue weighted by Gasteiger charge is 2.27. The van der Waals surface area contributed by atoms with Crippen LogP contribution in [-0.2, 0) is 0 Å². The summed E-state index contributed by atoms with van der Waals surface area (Å²) < 4.78 is 0. The Morgan fingerprint density at radius 2 is 2.00 bits per heavy atom. The van der Waals surface area contributed by atoms with Crippen LogP contribution in [0.1, 0.15) is 46.5 Å². The van der Waals surface area contributed by atoms with E-state index in [1.807, 2.05) is 0 Å². The Labute approximate surface area is 99.9 Å². The molecule has 1 saturated heterocycles. The maximum atomic E-state index is 7.19. The average Bonchev–Trinajstić information content (AvgIpc) is 2.19. The van der Waals surface area contributed by atoms with E-state index >= 15 is 0 Å². The summed E-state index contributed by atoms with van der Waals surface area (Å²) in [5, 5.41) is 7.19. The molecule has 0 aliphatic carbocycles. The second-order valence-corrected chi connectivity index (χ2v) is 5.54. The van der Waals surface area contributed by atoms with Gasteiger partial charge in [0.2, 0.25) is 0 Å². The lowest BCUT2D eigenvalue weighted by atomic mass is 9.86. The fraction of sp³-hybridized carbons (Fsp3) is 0.923. The Hall–Kier alpha value is -0.570. The number of rotatable bonds is 5. The lowest BCUT2D eigenvalue weighted by Crippen LogP contribution is -2.46. The van der Waals surface area contributed by atoms with Crippen LogP contribution in [0.2, 0.25) is 0 Å². The number of piperidine rings is 1. The van der Waals surface area contributed by atoms with Crippen LogP contribution in [0.4, 0.5) is 0 Å². The molecule has 3 nitrogen and oxygen atoms in total. The Bertz CT molecular complexity index is 227. The zero-order valence-electron chi connectivity index (χ0n) is 11.0. The molecule has 1 fully saturated rings. The van der Waals surface area contributed by atoms with Crippen LogP contribution in [0.15, 0.2) is 0 Å². The first kappa shape index (κ1) is 13.5. The van der Waals surface area contributed by atoms with Crippen molar-refractivity contribution in [3.8, 4) is 0 Å². The van der Waals surface area contributed by atoms with Crippen molar-refractivity contribution in [1.29, 1.82) is 5.41 Å². The molecule has 3 heteroatoms. The first-order chi connectivity index (χ1) is 7.50. The molecule has 0 aromatic rings. The monoisotopic (exact) mass is 225 g/mol. The van der Waals surface area contributed by atoms with Crippen molar-refractivity contribution in [2.45, 2.75) is 52.5 Å². The van der Waals surface area contributed by atoms with Gasteiger partial charge in [0.1, 0.15) is 0 Å². The normalized spacial score (nSPS) is 31.6. The highest BCUT2D eigenvalue weighted by Crippen LogP contribution is 2.26. The molecule has 0 bridgehead atoms. The van der Waals surface area contributed by atoms with Crippen LogP contribution < -0.4 is 5.73 Å². The van der Waals surface area contributed by atoms with E-state index in [0.717, 1.165) is 24.7 Å². The minimum atomic E-state index is 0.327. The molecule has 3 atom stereocenters. The SMILES string of the molecule is CC1CC(C)C(C)N(CCCCC(=N)N)C1. The van der Waals surface area contributed by atoms with Crippen LogP contribution in [0, 0.1) is 17.2 Å². The third-order valence-electron chi connectivity index (χ3n) is 3.86. The van der Waals surface area contributed by atoms with E-state index in [9.17, 15) is 0 Å². The largest absolute Gasteiger partial charge is 0.388 e. The first-order valence-electron chi connectivity index (χ1n) is 6.57. The van der Waals surface area contributed by atoms with Crippen molar-refractivity contribution in [2.24, 2.45) is 17.6 Å². The summed E-state index contributed by atoms with van der Waals surface area (Å²) in [6, 6.07) is 0.716. The van der Waals surface area contributed by atoms with Gasteiger partial charge in [0.15, 0.2) is 0 Å². The molecule has 94 valence electrons. The van der Waals surface area contributed by atoms with Gasteiger partial charge in [-0.1, -0.05) is 13.8 Å². The second-order valence-electron chi connectivity index (χ2n) is 5.54. The standard InChI is InChI=1S/C13H27N3/c1-10-8-11(2)12(3)16(9-10)7-5-4-6-13(14)15/h10-12H,4-9H2,1-3H3,(H3,14,15). The highest BCUT2D eigenvalue weighted by molar-refractivity contribution is 5.76. The van der Waals surface area contributed by atoms with Crippen LogP contribution in [0.5, 0.6) is 0 Å². The fourth-order valence-electron chi connectivity index (χ4n) is 2.76. The molecule has 0 aromatic heterocycles.